The van der Waals surface area contributed by atoms with Gasteiger partial charge in [-0.2, -0.15) is 0 Å². The van der Waals surface area contributed by atoms with Crippen molar-refractivity contribution in [3.05, 3.63) is 29.3 Å². The van der Waals surface area contributed by atoms with Crippen molar-refractivity contribution in [3.63, 3.8) is 0 Å². The molecular weight excluding hydrogens is 238 g/mol. The first kappa shape index (κ1) is 13.9. The molecule has 3 heteroatoms. The van der Waals surface area contributed by atoms with Gasteiger partial charge in [0.15, 0.2) is 0 Å². The molecule has 0 heterocycles. The van der Waals surface area contributed by atoms with Crippen LogP contribution in [-0.4, -0.2) is 17.1 Å². The third kappa shape index (κ3) is 3.28. The highest BCUT2D eigenvalue weighted by molar-refractivity contribution is 5.97. The van der Waals surface area contributed by atoms with Gasteiger partial charge in [0, 0.05) is 6.04 Å². The molecule has 2 rings (SSSR count). The number of carbonyl (C=O) groups is 1. The molecule has 0 aliphatic heterocycles. The van der Waals surface area contributed by atoms with Crippen LogP contribution < -0.4 is 5.32 Å². The van der Waals surface area contributed by atoms with Crippen LogP contribution in [0.4, 0.5) is 0 Å². The first-order valence-electron chi connectivity index (χ1n) is 7.19. The van der Waals surface area contributed by atoms with Crippen LogP contribution in [0.5, 0.6) is 5.75 Å². The fraction of sp³-hybridized carbons (Fsp3) is 0.562. The van der Waals surface area contributed by atoms with Crippen molar-refractivity contribution in [1.82, 2.24) is 5.32 Å². The van der Waals surface area contributed by atoms with Crippen molar-refractivity contribution in [2.24, 2.45) is 5.92 Å². The largest absolute Gasteiger partial charge is 0.507 e. The van der Waals surface area contributed by atoms with E-state index in [1.807, 2.05) is 0 Å². The van der Waals surface area contributed by atoms with E-state index in [-0.39, 0.29) is 17.7 Å². The van der Waals surface area contributed by atoms with E-state index in [0.717, 1.165) is 5.56 Å². The average Bonchev–Trinajstić information content (AvgIpc) is 2.42. The number of phenols is 1. The van der Waals surface area contributed by atoms with Gasteiger partial charge >= 0.3 is 0 Å². The van der Waals surface area contributed by atoms with Crippen LogP contribution in [0.25, 0.3) is 0 Å². The summed E-state index contributed by atoms with van der Waals surface area (Å²) in [6.07, 6.45) is 6.24. The second-order valence-corrected chi connectivity index (χ2v) is 5.63. The highest BCUT2D eigenvalue weighted by Gasteiger charge is 2.22. The van der Waals surface area contributed by atoms with Crippen molar-refractivity contribution in [1.29, 1.82) is 0 Å². The maximum Gasteiger partial charge on any atom is 0.255 e. The van der Waals surface area contributed by atoms with Crippen molar-refractivity contribution in [2.45, 2.75) is 52.0 Å². The molecule has 0 radical (unpaired) electrons. The van der Waals surface area contributed by atoms with Crippen molar-refractivity contribution < 1.29 is 9.90 Å². The number of aryl methyl sites for hydroxylation is 1. The van der Waals surface area contributed by atoms with Crippen molar-refractivity contribution in [3.8, 4) is 5.75 Å². The zero-order valence-corrected chi connectivity index (χ0v) is 11.8. The molecule has 2 N–H and O–H groups in total. The first-order chi connectivity index (χ1) is 9.09. The summed E-state index contributed by atoms with van der Waals surface area (Å²) in [5.74, 6) is 0.500. The van der Waals surface area contributed by atoms with E-state index in [1.165, 1.54) is 32.1 Å². The number of benzene rings is 1. The Bertz CT molecular complexity index is 450. The molecule has 19 heavy (non-hydrogen) atoms. The van der Waals surface area contributed by atoms with E-state index < -0.39 is 0 Å². The summed E-state index contributed by atoms with van der Waals surface area (Å²) in [5, 5.41) is 13.0. The molecular formula is C16H23NO2. The molecule has 1 atom stereocenters. The number of phenolic OH excluding ortho intramolecular Hbond substituents is 1. The average molecular weight is 261 g/mol. The number of rotatable bonds is 3. The molecule has 1 saturated carbocycles. The van der Waals surface area contributed by atoms with E-state index >= 15 is 0 Å². The lowest BCUT2D eigenvalue weighted by molar-refractivity contribution is 0.0916. The van der Waals surface area contributed by atoms with E-state index in [0.29, 0.717) is 11.5 Å². The topological polar surface area (TPSA) is 49.3 Å². The van der Waals surface area contributed by atoms with Gasteiger partial charge in [0.25, 0.3) is 5.91 Å². The molecule has 1 fully saturated rings. The van der Waals surface area contributed by atoms with Crippen LogP contribution in [0.1, 0.15) is 54.9 Å². The summed E-state index contributed by atoms with van der Waals surface area (Å²) < 4.78 is 0. The lowest BCUT2D eigenvalue weighted by Crippen LogP contribution is -2.38. The van der Waals surface area contributed by atoms with Gasteiger partial charge in [0.2, 0.25) is 0 Å². The minimum Gasteiger partial charge on any atom is -0.507 e. The maximum atomic E-state index is 12.2. The summed E-state index contributed by atoms with van der Waals surface area (Å²) in [6, 6.07) is 5.45. The molecule has 0 aromatic heterocycles. The Hall–Kier alpha value is -1.51. The molecule has 104 valence electrons. The van der Waals surface area contributed by atoms with Gasteiger partial charge in [-0.25, -0.2) is 0 Å². The van der Waals surface area contributed by atoms with Crippen LogP contribution in [0.2, 0.25) is 0 Å². The number of hydrogen-bond acceptors (Lipinski definition) is 2. The standard InChI is InChI=1S/C16H23NO2/c1-11-7-6-10-14(15(11)18)16(19)17-12(2)13-8-4-3-5-9-13/h6-7,10,12-13,18H,3-5,8-9H2,1-2H3,(H,17,19). The van der Waals surface area contributed by atoms with Gasteiger partial charge in [-0.05, 0) is 44.2 Å². The normalized spacial score (nSPS) is 18.0. The molecule has 0 spiro atoms. The third-order valence-electron chi connectivity index (χ3n) is 4.20. The number of nitrogens with one attached hydrogen (secondary N) is 1. The quantitative estimate of drug-likeness (QED) is 0.876. The fourth-order valence-corrected chi connectivity index (χ4v) is 2.88. The van der Waals surface area contributed by atoms with Crippen LogP contribution in [-0.2, 0) is 0 Å². The predicted molar refractivity (Wildman–Crippen MR) is 76.3 cm³/mol. The Morgan fingerprint density at radius 3 is 2.68 bits per heavy atom. The molecule has 0 bridgehead atoms. The minimum atomic E-state index is -0.167. The summed E-state index contributed by atoms with van der Waals surface area (Å²) in [6.45, 7) is 3.87. The molecule has 1 unspecified atom stereocenters. The molecule has 1 aromatic carbocycles. The summed E-state index contributed by atoms with van der Waals surface area (Å²) >= 11 is 0. The molecule has 1 amide bonds. The molecule has 1 aliphatic carbocycles. The number of para-hydroxylation sites is 1. The van der Waals surface area contributed by atoms with E-state index in [4.69, 9.17) is 0 Å². The van der Waals surface area contributed by atoms with Crippen LogP contribution in [0.15, 0.2) is 18.2 Å². The lowest BCUT2D eigenvalue weighted by Gasteiger charge is -2.28. The molecule has 3 nitrogen and oxygen atoms in total. The number of amides is 1. The van der Waals surface area contributed by atoms with Crippen LogP contribution >= 0.6 is 0 Å². The molecule has 1 aromatic rings. The smallest absolute Gasteiger partial charge is 0.255 e. The van der Waals surface area contributed by atoms with Gasteiger partial charge in [0.1, 0.15) is 5.75 Å². The highest BCUT2D eigenvalue weighted by Crippen LogP contribution is 2.27. The van der Waals surface area contributed by atoms with Gasteiger partial charge in [-0.1, -0.05) is 31.4 Å². The monoisotopic (exact) mass is 261 g/mol. The Morgan fingerprint density at radius 1 is 1.32 bits per heavy atom. The summed E-state index contributed by atoms with van der Waals surface area (Å²) in [5.41, 5.74) is 1.11. The number of aromatic hydroxyl groups is 1. The van der Waals surface area contributed by atoms with Crippen molar-refractivity contribution in [2.75, 3.05) is 0 Å². The predicted octanol–water partition coefficient (Wildman–Crippen LogP) is 3.40. The Morgan fingerprint density at radius 2 is 2.00 bits per heavy atom. The Balaban J connectivity index is 2.02. The number of carbonyl (C=O) groups excluding carboxylic acids is 1. The Labute approximate surface area is 115 Å². The Kier molecular flexibility index (Phi) is 4.46. The first-order valence-corrected chi connectivity index (χ1v) is 7.19. The summed E-state index contributed by atoms with van der Waals surface area (Å²) in [7, 11) is 0. The second-order valence-electron chi connectivity index (χ2n) is 5.63. The van der Waals surface area contributed by atoms with E-state index in [2.05, 4.69) is 12.2 Å². The zero-order chi connectivity index (χ0) is 13.8. The van der Waals surface area contributed by atoms with E-state index in [1.54, 1.807) is 25.1 Å². The van der Waals surface area contributed by atoms with E-state index in [9.17, 15) is 9.90 Å². The second kappa shape index (κ2) is 6.09. The van der Waals surface area contributed by atoms with Gasteiger partial charge in [-0.3, -0.25) is 4.79 Å². The maximum absolute atomic E-state index is 12.2. The highest BCUT2D eigenvalue weighted by atomic mass is 16.3. The van der Waals surface area contributed by atoms with Gasteiger partial charge in [-0.15, -0.1) is 0 Å². The minimum absolute atomic E-state index is 0.0934. The fourth-order valence-electron chi connectivity index (χ4n) is 2.88. The summed E-state index contributed by atoms with van der Waals surface area (Å²) in [4.78, 5) is 12.2. The van der Waals surface area contributed by atoms with Crippen molar-refractivity contribution >= 4 is 5.91 Å². The third-order valence-corrected chi connectivity index (χ3v) is 4.20. The van der Waals surface area contributed by atoms with Crippen LogP contribution in [0.3, 0.4) is 0 Å². The molecule has 1 aliphatic rings. The zero-order valence-electron chi connectivity index (χ0n) is 11.8. The van der Waals surface area contributed by atoms with Crippen LogP contribution in [0, 0.1) is 12.8 Å². The van der Waals surface area contributed by atoms with Gasteiger partial charge in [0.05, 0.1) is 5.56 Å². The SMILES string of the molecule is Cc1cccc(C(=O)NC(C)C2CCCCC2)c1O. The lowest BCUT2D eigenvalue weighted by atomic mass is 9.84. The number of hydrogen-bond donors (Lipinski definition) is 2. The molecule has 0 saturated heterocycles. The van der Waals surface area contributed by atoms with Gasteiger partial charge < -0.3 is 10.4 Å².